The molecular weight excluding hydrogens is 226 g/mol. The van der Waals surface area contributed by atoms with E-state index in [1.54, 1.807) is 0 Å². The highest BCUT2D eigenvalue weighted by atomic mass is 16.2. The van der Waals surface area contributed by atoms with E-state index in [1.807, 2.05) is 26.2 Å². The summed E-state index contributed by atoms with van der Waals surface area (Å²) in [5, 5.41) is 6.19. The third-order valence-corrected chi connectivity index (χ3v) is 3.27. The van der Waals surface area contributed by atoms with E-state index in [1.165, 1.54) is 0 Å². The minimum Gasteiger partial charge on any atom is -0.378 e. The number of carbonyl (C=O) groups excluding carboxylic acids is 1. The molecule has 0 saturated carbocycles. The Morgan fingerprint density at radius 3 is 3.00 bits per heavy atom. The zero-order valence-corrected chi connectivity index (χ0v) is 11.1. The second kappa shape index (κ2) is 5.87. The number of anilines is 1. The average Bonchev–Trinajstić information content (AvgIpc) is 2.90. The molecule has 0 bridgehead atoms. The second-order valence-corrected chi connectivity index (χ2v) is 4.93. The van der Waals surface area contributed by atoms with E-state index in [4.69, 9.17) is 0 Å². The van der Waals surface area contributed by atoms with Gasteiger partial charge in [-0.05, 0) is 37.1 Å². The zero-order valence-electron chi connectivity index (χ0n) is 11.1. The van der Waals surface area contributed by atoms with Crippen molar-refractivity contribution in [3.63, 3.8) is 0 Å². The molecule has 1 aromatic carbocycles. The number of benzene rings is 1. The fraction of sp³-hybridized carbons (Fsp3) is 0.500. The lowest BCUT2D eigenvalue weighted by Crippen LogP contribution is -2.40. The van der Waals surface area contributed by atoms with Crippen molar-refractivity contribution in [3.05, 3.63) is 29.8 Å². The van der Waals surface area contributed by atoms with Crippen LogP contribution >= 0.6 is 0 Å². The Morgan fingerprint density at radius 1 is 1.50 bits per heavy atom. The first kappa shape index (κ1) is 12.9. The van der Waals surface area contributed by atoms with Crippen LogP contribution < -0.4 is 15.5 Å². The topological polar surface area (TPSA) is 44.4 Å². The van der Waals surface area contributed by atoms with Crippen LogP contribution in [0, 0.1) is 0 Å². The van der Waals surface area contributed by atoms with Gasteiger partial charge in [0.25, 0.3) is 0 Å². The van der Waals surface area contributed by atoms with Crippen LogP contribution in [0.4, 0.5) is 5.69 Å². The fourth-order valence-corrected chi connectivity index (χ4v) is 2.17. The van der Waals surface area contributed by atoms with Gasteiger partial charge in [0.2, 0.25) is 5.91 Å². The number of carbonyl (C=O) groups is 1. The van der Waals surface area contributed by atoms with Gasteiger partial charge in [0.05, 0.1) is 6.04 Å². The highest BCUT2D eigenvalue weighted by molar-refractivity contribution is 5.82. The third kappa shape index (κ3) is 3.23. The van der Waals surface area contributed by atoms with Crippen LogP contribution in [-0.4, -0.2) is 32.6 Å². The maximum atomic E-state index is 11.9. The van der Waals surface area contributed by atoms with Gasteiger partial charge >= 0.3 is 0 Å². The normalized spacial score (nSPS) is 18.7. The summed E-state index contributed by atoms with van der Waals surface area (Å²) >= 11 is 0. The molecule has 0 radical (unpaired) electrons. The molecule has 1 saturated heterocycles. The van der Waals surface area contributed by atoms with Gasteiger partial charge in [-0.2, -0.15) is 0 Å². The highest BCUT2D eigenvalue weighted by Gasteiger charge is 2.21. The Hall–Kier alpha value is -1.55. The van der Waals surface area contributed by atoms with Crippen molar-refractivity contribution in [1.29, 1.82) is 0 Å². The first-order valence-electron chi connectivity index (χ1n) is 6.44. The van der Waals surface area contributed by atoms with E-state index in [9.17, 15) is 4.79 Å². The lowest BCUT2D eigenvalue weighted by atomic mass is 10.1. The minimum absolute atomic E-state index is 0.00188. The standard InChI is InChI=1S/C14H21N3O/c1-17(2)12-6-3-5-11(9-12)10-16-14(18)13-7-4-8-15-13/h3,5-6,9,13,15H,4,7-8,10H2,1-2H3,(H,16,18). The molecule has 4 heteroatoms. The molecule has 1 amide bonds. The van der Waals surface area contributed by atoms with Gasteiger partial charge in [-0.15, -0.1) is 0 Å². The number of nitrogens with one attached hydrogen (secondary N) is 2. The van der Waals surface area contributed by atoms with Gasteiger partial charge in [-0.1, -0.05) is 12.1 Å². The maximum absolute atomic E-state index is 11.9. The first-order valence-corrected chi connectivity index (χ1v) is 6.44. The van der Waals surface area contributed by atoms with Crippen molar-refractivity contribution in [2.75, 3.05) is 25.5 Å². The molecule has 1 aromatic rings. The van der Waals surface area contributed by atoms with Crippen molar-refractivity contribution in [2.24, 2.45) is 0 Å². The molecule has 4 nitrogen and oxygen atoms in total. The van der Waals surface area contributed by atoms with Crippen molar-refractivity contribution < 1.29 is 4.79 Å². The van der Waals surface area contributed by atoms with Crippen LogP contribution in [0.25, 0.3) is 0 Å². The summed E-state index contributed by atoms with van der Waals surface area (Å²) < 4.78 is 0. The summed E-state index contributed by atoms with van der Waals surface area (Å²) in [5.41, 5.74) is 2.29. The Kier molecular flexibility index (Phi) is 4.20. The van der Waals surface area contributed by atoms with Crippen LogP contribution in [0.3, 0.4) is 0 Å². The minimum atomic E-state index is 0.00188. The number of rotatable bonds is 4. The van der Waals surface area contributed by atoms with E-state index < -0.39 is 0 Å². The van der Waals surface area contributed by atoms with Gasteiger partial charge in [-0.3, -0.25) is 4.79 Å². The van der Waals surface area contributed by atoms with Crippen molar-refractivity contribution in [3.8, 4) is 0 Å². The summed E-state index contributed by atoms with van der Waals surface area (Å²) in [7, 11) is 4.03. The molecule has 18 heavy (non-hydrogen) atoms. The zero-order chi connectivity index (χ0) is 13.0. The number of nitrogens with zero attached hydrogens (tertiary/aromatic N) is 1. The van der Waals surface area contributed by atoms with Crippen LogP contribution in [0.5, 0.6) is 0 Å². The van der Waals surface area contributed by atoms with Gasteiger partial charge < -0.3 is 15.5 Å². The molecule has 1 aliphatic rings. The predicted octanol–water partition coefficient (Wildman–Crippen LogP) is 1.12. The van der Waals surface area contributed by atoms with Crippen LogP contribution in [-0.2, 0) is 11.3 Å². The molecule has 0 aliphatic carbocycles. The average molecular weight is 247 g/mol. The molecular formula is C14H21N3O. The van der Waals surface area contributed by atoms with Crippen molar-refractivity contribution in [2.45, 2.75) is 25.4 Å². The van der Waals surface area contributed by atoms with Gasteiger partial charge in [-0.25, -0.2) is 0 Å². The van der Waals surface area contributed by atoms with Crippen LogP contribution in [0.2, 0.25) is 0 Å². The highest BCUT2D eigenvalue weighted by Crippen LogP contribution is 2.13. The summed E-state index contributed by atoms with van der Waals surface area (Å²) in [6.07, 6.45) is 2.04. The molecule has 1 atom stereocenters. The third-order valence-electron chi connectivity index (χ3n) is 3.27. The summed E-state index contributed by atoms with van der Waals surface area (Å²) in [6, 6.07) is 8.22. The molecule has 98 valence electrons. The number of hydrogen-bond donors (Lipinski definition) is 2. The van der Waals surface area contributed by atoms with E-state index in [-0.39, 0.29) is 11.9 Å². The van der Waals surface area contributed by atoms with E-state index >= 15 is 0 Å². The molecule has 2 N–H and O–H groups in total. The smallest absolute Gasteiger partial charge is 0.237 e. The molecule has 2 rings (SSSR count). The second-order valence-electron chi connectivity index (χ2n) is 4.93. The number of amides is 1. The van der Waals surface area contributed by atoms with Crippen molar-refractivity contribution >= 4 is 11.6 Å². The Bertz CT molecular complexity index is 411. The SMILES string of the molecule is CN(C)c1cccc(CNC(=O)C2CCCN2)c1. The van der Waals surface area contributed by atoms with E-state index in [0.29, 0.717) is 6.54 Å². The molecule has 1 heterocycles. The Labute approximate surface area is 108 Å². The lowest BCUT2D eigenvalue weighted by Gasteiger charge is -2.15. The van der Waals surface area contributed by atoms with Crippen LogP contribution in [0.1, 0.15) is 18.4 Å². The molecule has 0 spiro atoms. The molecule has 1 fully saturated rings. The Morgan fingerprint density at radius 2 is 2.33 bits per heavy atom. The van der Waals surface area contributed by atoms with Crippen molar-refractivity contribution in [1.82, 2.24) is 10.6 Å². The molecule has 1 aliphatic heterocycles. The quantitative estimate of drug-likeness (QED) is 0.838. The van der Waals surface area contributed by atoms with E-state index in [0.717, 1.165) is 30.6 Å². The molecule has 1 unspecified atom stereocenters. The van der Waals surface area contributed by atoms with E-state index in [2.05, 4.69) is 27.7 Å². The molecule has 0 aromatic heterocycles. The summed E-state index contributed by atoms with van der Waals surface area (Å²) in [4.78, 5) is 13.9. The van der Waals surface area contributed by atoms with Gasteiger partial charge in [0, 0.05) is 26.3 Å². The first-order chi connectivity index (χ1) is 8.66. The maximum Gasteiger partial charge on any atom is 0.237 e. The fourth-order valence-electron chi connectivity index (χ4n) is 2.17. The van der Waals surface area contributed by atoms with Gasteiger partial charge in [0.15, 0.2) is 0 Å². The van der Waals surface area contributed by atoms with Crippen LogP contribution in [0.15, 0.2) is 24.3 Å². The predicted molar refractivity (Wildman–Crippen MR) is 73.6 cm³/mol. The van der Waals surface area contributed by atoms with Gasteiger partial charge in [0.1, 0.15) is 0 Å². The number of hydrogen-bond acceptors (Lipinski definition) is 3. The monoisotopic (exact) mass is 247 g/mol. The summed E-state index contributed by atoms with van der Waals surface area (Å²) in [6.45, 7) is 1.55. The summed E-state index contributed by atoms with van der Waals surface area (Å²) in [5.74, 6) is 0.114. The Balaban J connectivity index is 1.89. The largest absolute Gasteiger partial charge is 0.378 e. The lowest BCUT2D eigenvalue weighted by molar-refractivity contribution is -0.122.